The summed E-state index contributed by atoms with van der Waals surface area (Å²) >= 11 is 0. The summed E-state index contributed by atoms with van der Waals surface area (Å²) in [6, 6.07) is 3.58. The summed E-state index contributed by atoms with van der Waals surface area (Å²) in [5.74, 6) is 1.52. The second-order valence-electron chi connectivity index (χ2n) is 6.20. The smallest absolute Gasteiger partial charge is 0.242 e. The van der Waals surface area contributed by atoms with Crippen molar-refractivity contribution in [1.82, 2.24) is 19.8 Å². The number of piperidine rings is 1. The van der Waals surface area contributed by atoms with E-state index in [9.17, 15) is 4.79 Å². The van der Waals surface area contributed by atoms with Gasteiger partial charge in [-0.2, -0.15) is 5.10 Å². The molecule has 7 nitrogen and oxygen atoms in total. The molecule has 2 unspecified atom stereocenters. The lowest BCUT2D eigenvalue weighted by Gasteiger charge is -2.36. The molecule has 2 aromatic rings. The van der Waals surface area contributed by atoms with Crippen LogP contribution in [0.2, 0.25) is 0 Å². The van der Waals surface area contributed by atoms with Crippen LogP contribution in [0.3, 0.4) is 0 Å². The van der Waals surface area contributed by atoms with E-state index >= 15 is 0 Å². The van der Waals surface area contributed by atoms with Crippen molar-refractivity contribution >= 4 is 11.7 Å². The molecule has 3 heterocycles. The Kier molecular flexibility index (Phi) is 4.47. The summed E-state index contributed by atoms with van der Waals surface area (Å²) in [5.41, 5.74) is 1.23. The van der Waals surface area contributed by atoms with E-state index in [2.05, 4.69) is 26.5 Å². The highest BCUT2D eigenvalue weighted by Gasteiger charge is 2.29. The molecule has 3 rings (SSSR count). The van der Waals surface area contributed by atoms with E-state index in [4.69, 9.17) is 4.52 Å². The number of aryl methyl sites for hydroxylation is 2. The lowest BCUT2D eigenvalue weighted by Crippen LogP contribution is -2.46. The Labute approximate surface area is 135 Å². The summed E-state index contributed by atoms with van der Waals surface area (Å²) in [6.45, 7) is 5.54. The van der Waals surface area contributed by atoms with Crippen molar-refractivity contribution in [1.29, 1.82) is 0 Å². The van der Waals surface area contributed by atoms with Crippen molar-refractivity contribution in [3.8, 4) is 0 Å². The van der Waals surface area contributed by atoms with Crippen LogP contribution in [0.5, 0.6) is 0 Å². The number of aromatic nitrogens is 3. The lowest BCUT2D eigenvalue weighted by atomic mass is 9.93. The molecule has 1 aliphatic heterocycles. The van der Waals surface area contributed by atoms with Gasteiger partial charge in [-0.1, -0.05) is 5.16 Å². The van der Waals surface area contributed by atoms with Crippen molar-refractivity contribution in [2.24, 2.45) is 7.05 Å². The molecule has 1 saturated heterocycles. The molecule has 2 atom stereocenters. The largest absolute Gasteiger partial charge is 0.360 e. The number of carbonyl (C=O) groups is 1. The van der Waals surface area contributed by atoms with Gasteiger partial charge in [0.05, 0.1) is 6.04 Å². The highest BCUT2D eigenvalue weighted by Crippen LogP contribution is 2.27. The first kappa shape index (κ1) is 15.7. The number of rotatable bonds is 4. The Hall–Kier alpha value is -2.15. The highest BCUT2D eigenvalue weighted by atomic mass is 16.5. The van der Waals surface area contributed by atoms with Crippen molar-refractivity contribution < 1.29 is 9.32 Å². The Morgan fingerprint density at radius 1 is 1.52 bits per heavy atom. The fraction of sp³-hybridized carbons (Fsp3) is 0.562. The quantitative estimate of drug-likeness (QED) is 0.932. The number of anilines is 1. The third kappa shape index (κ3) is 3.44. The lowest BCUT2D eigenvalue weighted by molar-refractivity contribution is -0.121. The molecule has 0 aliphatic carbocycles. The van der Waals surface area contributed by atoms with Crippen LogP contribution in [0, 0.1) is 6.92 Å². The zero-order chi connectivity index (χ0) is 16.4. The van der Waals surface area contributed by atoms with Gasteiger partial charge in [-0.05, 0) is 39.3 Å². The normalized spacial score (nSPS) is 20.4. The van der Waals surface area contributed by atoms with Crippen molar-refractivity contribution in [2.75, 3.05) is 18.4 Å². The maximum atomic E-state index is 12.4. The second kappa shape index (κ2) is 6.54. The number of carbonyl (C=O) groups excluding carboxylic acids is 1. The first-order chi connectivity index (χ1) is 11.0. The van der Waals surface area contributed by atoms with Crippen LogP contribution in [0.1, 0.15) is 37.1 Å². The number of hydrogen-bond donors (Lipinski definition) is 1. The number of nitrogens with one attached hydrogen (secondary N) is 1. The number of likely N-dealkylation sites (tertiary alicyclic amines) is 1. The number of nitrogens with zero attached hydrogens (tertiary/aromatic N) is 4. The van der Waals surface area contributed by atoms with Gasteiger partial charge in [0.2, 0.25) is 5.91 Å². The molecule has 2 aromatic heterocycles. The Bertz CT molecular complexity index is 678. The third-order valence-electron chi connectivity index (χ3n) is 4.54. The van der Waals surface area contributed by atoms with Crippen LogP contribution in [-0.4, -0.2) is 44.9 Å². The standard InChI is InChI=1S/C16H23N5O2/c1-11-9-15(19-23-11)18-16(22)12(2)21-8-4-5-13(10-21)14-6-7-17-20(14)3/h6-7,9,12-13H,4-5,8,10H2,1-3H3,(H,18,19,22). The fourth-order valence-corrected chi connectivity index (χ4v) is 3.21. The Morgan fingerprint density at radius 2 is 2.35 bits per heavy atom. The molecular formula is C16H23N5O2. The number of hydrogen-bond acceptors (Lipinski definition) is 5. The van der Waals surface area contributed by atoms with E-state index in [0.29, 0.717) is 17.5 Å². The van der Waals surface area contributed by atoms with Gasteiger partial charge < -0.3 is 9.84 Å². The molecule has 7 heteroatoms. The van der Waals surface area contributed by atoms with Crippen LogP contribution in [0.25, 0.3) is 0 Å². The van der Waals surface area contributed by atoms with E-state index in [1.165, 1.54) is 5.69 Å². The van der Waals surface area contributed by atoms with Crippen LogP contribution in [-0.2, 0) is 11.8 Å². The summed E-state index contributed by atoms with van der Waals surface area (Å²) in [7, 11) is 1.97. The Balaban J connectivity index is 1.63. The van der Waals surface area contributed by atoms with E-state index in [1.807, 2.05) is 24.9 Å². The monoisotopic (exact) mass is 317 g/mol. The second-order valence-corrected chi connectivity index (χ2v) is 6.20. The SMILES string of the molecule is Cc1cc(NC(=O)C(C)N2CCCC(c3ccnn3C)C2)no1. The molecule has 1 fully saturated rings. The molecule has 124 valence electrons. The average molecular weight is 317 g/mol. The zero-order valence-corrected chi connectivity index (χ0v) is 13.8. The van der Waals surface area contributed by atoms with E-state index < -0.39 is 0 Å². The van der Waals surface area contributed by atoms with Gasteiger partial charge in [0.1, 0.15) is 5.76 Å². The molecule has 1 amide bonds. The predicted octanol–water partition coefficient (Wildman–Crippen LogP) is 1.92. The average Bonchev–Trinajstić information content (AvgIpc) is 3.15. The van der Waals surface area contributed by atoms with Gasteiger partial charge in [-0.15, -0.1) is 0 Å². The molecule has 23 heavy (non-hydrogen) atoms. The van der Waals surface area contributed by atoms with E-state index in [-0.39, 0.29) is 11.9 Å². The van der Waals surface area contributed by atoms with Crippen LogP contribution >= 0.6 is 0 Å². The maximum Gasteiger partial charge on any atom is 0.242 e. The molecular weight excluding hydrogens is 294 g/mol. The van der Waals surface area contributed by atoms with Gasteiger partial charge in [0.15, 0.2) is 5.82 Å². The predicted molar refractivity (Wildman–Crippen MR) is 86.1 cm³/mol. The summed E-state index contributed by atoms with van der Waals surface area (Å²) in [6.07, 6.45) is 4.04. The highest BCUT2D eigenvalue weighted by molar-refractivity contribution is 5.93. The van der Waals surface area contributed by atoms with Gasteiger partial charge >= 0.3 is 0 Å². The van der Waals surface area contributed by atoms with Crippen molar-refractivity contribution in [3.05, 3.63) is 29.8 Å². The van der Waals surface area contributed by atoms with Crippen LogP contribution < -0.4 is 5.32 Å². The van der Waals surface area contributed by atoms with Gasteiger partial charge in [-0.25, -0.2) is 0 Å². The van der Waals surface area contributed by atoms with Gasteiger partial charge in [0.25, 0.3) is 0 Å². The molecule has 0 spiro atoms. The third-order valence-corrected chi connectivity index (χ3v) is 4.54. The van der Waals surface area contributed by atoms with Gasteiger partial charge in [0, 0.05) is 37.5 Å². The molecule has 0 bridgehead atoms. The molecule has 0 radical (unpaired) electrons. The molecule has 0 aromatic carbocycles. The summed E-state index contributed by atoms with van der Waals surface area (Å²) < 4.78 is 6.91. The minimum Gasteiger partial charge on any atom is -0.360 e. The van der Waals surface area contributed by atoms with Gasteiger partial charge in [-0.3, -0.25) is 14.4 Å². The van der Waals surface area contributed by atoms with E-state index in [0.717, 1.165) is 25.9 Å². The van der Waals surface area contributed by atoms with Crippen molar-refractivity contribution in [3.63, 3.8) is 0 Å². The molecule has 0 saturated carbocycles. The topological polar surface area (TPSA) is 76.2 Å². The summed E-state index contributed by atoms with van der Waals surface area (Å²) in [5, 5.41) is 10.9. The van der Waals surface area contributed by atoms with Crippen LogP contribution in [0.4, 0.5) is 5.82 Å². The molecule has 1 aliphatic rings. The minimum atomic E-state index is -0.206. The first-order valence-electron chi connectivity index (χ1n) is 8.00. The van der Waals surface area contributed by atoms with E-state index in [1.54, 1.807) is 13.0 Å². The Morgan fingerprint density at radius 3 is 3.00 bits per heavy atom. The fourth-order valence-electron chi connectivity index (χ4n) is 3.21. The summed E-state index contributed by atoms with van der Waals surface area (Å²) in [4.78, 5) is 14.7. The minimum absolute atomic E-state index is 0.0519. The van der Waals surface area contributed by atoms with Crippen LogP contribution in [0.15, 0.2) is 22.9 Å². The first-order valence-corrected chi connectivity index (χ1v) is 8.00. The maximum absolute atomic E-state index is 12.4. The van der Waals surface area contributed by atoms with Crippen molar-refractivity contribution in [2.45, 2.75) is 38.6 Å². The number of amides is 1. The molecule has 1 N–H and O–H groups in total. The zero-order valence-electron chi connectivity index (χ0n) is 13.8.